The Morgan fingerprint density at radius 1 is 1.06 bits per heavy atom. The van der Waals surface area contributed by atoms with Crippen molar-refractivity contribution in [1.82, 2.24) is 15.0 Å². The number of carbonyl (C=O) groups is 2. The summed E-state index contributed by atoms with van der Waals surface area (Å²) >= 11 is 0. The third-order valence-corrected chi connectivity index (χ3v) is 9.25. The molecule has 0 amide bonds. The summed E-state index contributed by atoms with van der Waals surface area (Å²) < 4.78 is 7.82. The van der Waals surface area contributed by atoms with Crippen LogP contribution >= 0.6 is 0 Å². The zero-order valence-electron chi connectivity index (χ0n) is 31.9. The van der Waals surface area contributed by atoms with Crippen LogP contribution in [-0.4, -0.2) is 71.8 Å². The minimum absolute atomic E-state index is 0.0370. The summed E-state index contributed by atoms with van der Waals surface area (Å²) in [5.74, 6) is -1.40. The molecule has 0 spiro atoms. The van der Waals surface area contributed by atoms with E-state index in [1.165, 1.54) is 6.42 Å². The van der Waals surface area contributed by atoms with Crippen LogP contribution in [0.3, 0.4) is 0 Å². The predicted octanol–water partition coefficient (Wildman–Crippen LogP) is 7.23. The van der Waals surface area contributed by atoms with Gasteiger partial charge < -0.3 is 25.2 Å². The number of carboxylic acid groups (broad SMARTS) is 1. The third kappa shape index (κ3) is 17.0. The Bertz CT molecular complexity index is 1420. The fourth-order valence-corrected chi connectivity index (χ4v) is 6.35. The van der Waals surface area contributed by atoms with Crippen molar-refractivity contribution < 1.29 is 34.8 Å². The zero-order chi connectivity index (χ0) is 37.9. The van der Waals surface area contributed by atoms with Crippen LogP contribution < -0.4 is 0 Å². The van der Waals surface area contributed by atoms with Crippen molar-refractivity contribution in [3.05, 3.63) is 82.8 Å². The van der Waals surface area contributed by atoms with E-state index < -0.39 is 24.3 Å². The van der Waals surface area contributed by atoms with Crippen molar-refractivity contribution in [2.75, 3.05) is 0 Å². The molecule has 284 valence electrons. The fraction of sp³-hybridized carbons (Fsp3) is 0.610. The average molecular weight is 710 g/mol. The molecule has 10 heteroatoms. The van der Waals surface area contributed by atoms with Gasteiger partial charge in [0.2, 0.25) is 0 Å². The summed E-state index contributed by atoms with van der Waals surface area (Å²) in [6.07, 6.45) is 20.7. The second-order valence-corrected chi connectivity index (χ2v) is 14.4. The molecule has 2 rings (SSSR count). The van der Waals surface area contributed by atoms with Gasteiger partial charge in [-0.15, -0.1) is 5.10 Å². The largest absolute Gasteiger partial charge is 0.478 e. The number of aliphatic carboxylic acids is 1. The maximum atomic E-state index is 13.0. The first-order valence-corrected chi connectivity index (χ1v) is 18.6. The molecule has 1 aromatic rings. The number of aliphatic hydroxyl groups excluding tert-OH is 3. The number of rotatable bonds is 17. The average Bonchev–Trinajstić information content (AvgIpc) is 3.49. The first-order chi connectivity index (χ1) is 24.2. The van der Waals surface area contributed by atoms with E-state index in [2.05, 4.69) is 37.2 Å². The number of hydrogen-bond acceptors (Lipinski definition) is 8. The van der Waals surface area contributed by atoms with Crippen LogP contribution in [0.2, 0.25) is 0 Å². The topological polar surface area (TPSA) is 155 Å². The molecule has 2 heterocycles. The summed E-state index contributed by atoms with van der Waals surface area (Å²) in [4.78, 5) is 25.6. The SMILES string of the molecule is CCCCCc1cn(C[C@H](C)[C@H]2CC=CC[C@H](C)[C@@H](C(=CC(C)=CC(C)=CC=CC(C)=C[C@H](O)[C@H](O)C[C@H](C)O)C(=O)O)CCCC(=O)O2)nn1. The Kier molecular flexibility index (Phi) is 19.7. The number of hydrogen-bond donors (Lipinski definition) is 4. The van der Waals surface area contributed by atoms with Crippen molar-refractivity contribution in [1.29, 1.82) is 0 Å². The Labute approximate surface area is 305 Å². The molecule has 1 aliphatic heterocycles. The lowest BCUT2D eigenvalue weighted by atomic mass is 9.80. The molecule has 51 heavy (non-hydrogen) atoms. The van der Waals surface area contributed by atoms with Gasteiger partial charge in [0.25, 0.3) is 0 Å². The number of aryl methyl sites for hydroxylation is 1. The molecule has 0 unspecified atom stereocenters. The summed E-state index contributed by atoms with van der Waals surface area (Å²) in [6.45, 7) is 14.1. The molecular weight excluding hydrogens is 646 g/mol. The van der Waals surface area contributed by atoms with Crippen molar-refractivity contribution in [3.63, 3.8) is 0 Å². The molecule has 1 aromatic heterocycles. The van der Waals surface area contributed by atoms with Crippen LogP contribution in [0.4, 0.5) is 0 Å². The van der Waals surface area contributed by atoms with E-state index in [9.17, 15) is 30.0 Å². The first-order valence-electron chi connectivity index (χ1n) is 18.6. The van der Waals surface area contributed by atoms with Crippen molar-refractivity contribution in [3.8, 4) is 0 Å². The number of carboxylic acids is 1. The lowest BCUT2D eigenvalue weighted by molar-refractivity contribution is -0.152. The summed E-state index contributed by atoms with van der Waals surface area (Å²) in [7, 11) is 0. The number of ether oxygens (including phenoxy) is 1. The van der Waals surface area contributed by atoms with Crippen LogP contribution in [0.15, 0.2) is 77.1 Å². The molecule has 0 aliphatic carbocycles. The van der Waals surface area contributed by atoms with Crippen LogP contribution in [0.5, 0.6) is 0 Å². The van der Waals surface area contributed by atoms with E-state index in [0.29, 0.717) is 37.8 Å². The standard InChI is InChI=1S/C41H63N3O7/c1-8-9-10-18-34-27-44(43-42-34)26-32(6)39-20-12-11-17-31(5)35(19-14-21-40(48)51-39)36(41(49)50)23-30(4)22-28(2)15-13-16-29(3)24-37(46)38(47)25-33(7)45/h11-13,15-16,22-24,27,31-33,35,37-39,45-47H,8-10,14,17-21,25-26H2,1-7H3,(H,49,50)/t31-,32-,33-,35-,37-,38+,39+/m0/s1. The van der Waals surface area contributed by atoms with Crippen LogP contribution in [0, 0.1) is 17.8 Å². The third-order valence-electron chi connectivity index (χ3n) is 9.25. The van der Waals surface area contributed by atoms with E-state index >= 15 is 0 Å². The maximum Gasteiger partial charge on any atom is 0.331 e. The Morgan fingerprint density at radius 3 is 2.47 bits per heavy atom. The van der Waals surface area contributed by atoms with Gasteiger partial charge in [-0.2, -0.15) is 0 Å². The highest BCUT2D eigenvalue weighted by molar-refractivity contribution is 5.88. The molecule has 10 nitrogen and oxygen atoms in total. The van der Waals surface area contributed by atoms with Gasteiger partial charge in [-0.3, -0.25) is 9.48 Å². The quantitative estimate of drug-likeness (QED) is 0.0431. The van der Waals surface area contributed by atoms with Gasteiger partial charge in [0.05, 0.1) is 24.0 Å². The Morgan fingerprint density at radius 2 is 1.78 bits per heavy atom. The molecule has 7 atom stereocenters. The van der Waals surface area contributed by atoms with E-state index in [-0.39, 0.29) is 42.7 Å². The van der Waals surface area contributed by atoms with Gasteiger partial charge in [-0.05, 0) is 77.7 Å². The van der Waals surface area contributed by atoms with Gasteiger partial charge in [-0.25, -0.2) is 4.79 Å². The molecular formula is C41H63N3O7. The summed E-state index contributed by atoms with van der Waals surface area (Å²) in [6, 6.07) is 0. The van der Waals surface area contributed by atoms with Crippen molar-refractivity contribution in [2.45, 2.75) is 144 Å². The minimum Gasteiger partial charge on any atom is -0.478 e. The molecule has 0 fully saturated rings. The number of esters is 1. The van der Waals surface area contributed by atoms with E-state index in [4.69, 9.17) is 4.74 Å². The lowest BCUT2D eigenvalue weighted by Crippen LogP contribution is -2.28. The van der Waals surface area contributed by atoms with Crippen molar-refractivity contribution in [2.24, 2.45) is 17.8 Å². The van der Waals surface area contributed by atoms with Crippen molar-refractivity contribution >= 4 is 11.9 Å². The van der Waals surface area contributed by atoms with E-state index in [0.717, 1.165) is 41.7 Å². The minimum atomic E-state index is -1.08. The van der Waals surface area contributed by atoms with Crippen LogP contribution in [0.1, 0.15) is 112 Å². The molecule has 1 aliphatic rings. The lowest BCUT2D eigenvalue weighted by Gasteiger charge is -2.26. The number of aliphatic hydroxyl groups is 3. The van der Waals surface area contributed by atoms with Gasteiger partial charge in [0.15, 0.2) is 0 Å². The summed E-state index contributed by atoms with van der Waals surface area (Å²) in [5, 5.41) is 48.5. The molecule has 4 N–H and O–H groups in total. The number of allylic oxidation sites excluding steroid dienone is 9. The Hall–Kier alpha value is -3.60. The van der Waals surface area contributed by atoms with E-state index in [1.54, 1.807) is 25.2 Å². The van der Waals surface area contributed by atoms with Gasteiger partial charge >= 0.3 is 11.9 Å². The fourth-order valence-electron chi connectivity index (χ4n) is 6.35. The normalized spacial score (nSPS) is 22.9. The first kappa shape index (κ1) is 43.6. The van der Waals surface area contributed by atoms with Crippen LogP contribution in [0.25, 0.3) is 0 Å². The highest BCUT2D eigenvalue weighted by Crippen LogP contribution is 2.31. The highest BCUT2D eigenvalue weighted by atomic mass is 16.5. The zero-order valence-corrected chi connectivity index (χ0v) is 31.9. The molecule has 0 saturated heterocycles. The number of nitrogens with zero attached hydrogens (tertiary/aromatic N) is 3. The number of cyclic esters (lactones) is 1. The van der Waals surface area contributed by atoms with Gasteiger partial charge in [0, 0.05) is 43.5 Å². The molecule has 0 bridgehead atoms. The Balaban J connectivity index is 2.12. The molecule has 0 aromatic carbocycles. The maximum absolute atomic E-state index is 13.0. The predicted molar refractivity (Wildman–Crippen MR) is 202 cm³/mol. The number of carbonyl (C=O) groups excluding carboxylic acids is 1. The van der Waals surface area contributed by atoms with Gasteiger partial charge in [0.1, 0.15) is 6.10 Å². The number of aromatic nitrogens is 3. The van der Waals surface area contributed by atoms with E-state index in [1.807, 2.05) is 56.0 Å². The number of unbranched alkanes of at least 4 members (excludes halogenated alkanes) is 2. The molecule has 0 saturated carbocycles. The summed E-state index contributed by atoms with van der Waals surface area (Å²) in [5.41, 5.74) is 3.77. The van der Waals surface area contributed by atoms with Crippen LogP contribution in [-0.2, 0) is 27.3 Å². The second-order valence-electron chi connectivity index (χ2n) is 14.4. The highest BCUT2D eigenvalue weighted by Gasteiger charge is 2.28. The van der Waals surface area contributed by atoms with Gasteiger partial charge in [-0.1, -0.05) is 98.1 Å². The second kappa shape index (κ2) is 23.1. The smallest absolute Gasteiger partial charge is 0.331 e. The monoisotopic (exact) mass is 709 g/mol. The molecule has 0 radical (unpaired) electrons.